The minimum absolute atomic E-state index is 0.0190. The van der Waals surface area contributed by atoms with Crippen molar-refractivity contribution >= 4 is 23.4 Å². The molecule has 21 heavy (non-hydrogen) atoms. The lowest BCUT2D eigenvalue weighted by Gasteiger charge is -2.07. The predicted octanol–water partition coefficient (Wildman–Crippen LogP) is 3.70. The molecule has 0 atom stereocenters. The summed E-state index contributed by atoms with van der Waals surface area (Å²) in [6.45, 7) is 0.548. The minimum Gasteiger partial charge on any atom is -0.380 e. The van der Waals surface area contributed by atoms with Gasteiger partial charge in [-0.05, 0) is 23.3 Å². The van der Waals surface area contributed by atoms with Crippen LogP contribution < -0.4 is 5.32 Å². The highest BCUT2D eigenvalue weighted by molar-refractivity contribution is 7.99. The molecule has 1 amide bonds. The summed E-state index contributed by atoms with van der Waals surface area (Å²) in [5, 5.41) is 2.91. The molecule has 0 saturated carbocycles. The largest absolute Gasteiger partial charge is 0.380 e. The van der Waals surface area contributed by atoms with Gasteiger partial charge in [-0.1, -0.05) is 42.5 Å². The number of anilines is 1. The third-order valence-electron chi connectivity index (χ3n) is 2.87. The van der Waals surface area contributed by atoms with E-state index in [0.29, 0.717) is 12.4 Å². The Labute approximate surface area is 129 Å². The lowest BCUT2D eigenvalue weighted by molar-refractivity contribution is -0.113. The second kappa shape index (κ2) is 8.49. The number of nitrogens with one attached hydrogen (secondary N) is 1. The van der Waals surface area contributed by atoms with Gasteiger partial charge in [-0.25, -0.2) is 0 Å². The number of carbonyl (C=O) groups excluding carboxylic acids is 1. The van der Waals surface area contributed by atoms with E-state index in [1.54, 1.807) is 18.9 Å². The summed E-state index contributed by atoms with van der Waals surface area (Å²) in [6.07, 6.45) is 0. The topological polar surface area (TPSA) is 38.3 Å². The van der Waals surface area contributed by atoms with Gasteiger partial charge in [-0.3, -0.25) is 4.79 Å². The highest BCUT2D eigenvalue weighted by Gasteiger charge is 2.03. The SMILES string of the molecule is COCc1cccc(NC(=O)CSCc2ccccc2)c1. The number of benzene rings is 2. The quantitative estimate of drug-likeness (QED) is 0.847. The molecule has 0 aliphatic heterocycles. The first-order chi connectivity index (χ1) is 10.3. The molecular formula is C17H19NO2S. The number of rotatable bonds is 7. The number of hydrogen-bond acceptors (Lipinski definition) is 3. The third kappa shape index (κ3) is 5.61. The lowest BCUT2D eigenvalue weighted by Crippen LogP contribution is -2.14. The second-order valence-electron chi connectivity index (χ2n) is 4.66. The maximum Gasteiger partial charge on any atom is 0.234 e. The Morgan fingerprint density at radius 3 is 2.62 bits per heavy atom. The first-order valence-corrected chi connectivity index (χ1v) is 7.93. The van der Waals surface area contributed by atoms with Crippen LogP contribution in [0, 0.1) is 0 Å². The summed E-state index contributed by atoms with van der Waals surface area (Å²) in [7, 11) is 1.66. The van der Waals surface area contributed by atoms with Crippen molar-refractivity contribution in [3.05, 3.63) is 65.7 Å². The molecular weight excluding hydrogens is 282 g/mol. The Morgan fingerprint density at radius 2 is 1.86 bits per heavy atom. The summed E-state index contributed by atoms with van der Waals surface area (Å²) in [5.74, 6) is 1.31. The molecule has 3 nitrogen and oxygen atoms in total. The number of amides is 1. The zero-order chi connectivity index (χ0) is 14.9. The van der Waals surface area contributed by atoms with Crippen LogP contribution in [-0.2, 0) is 21.9 Å². The van der Waals surface area contributed by atoms with Gasteiger partial charge in [0.25, 0.3) is 0 Å². The van der Waals surface area contributed by atoms with Gasteiger partial charge in [0.1, 0.15) is 0 Å². The summed E-state index contributed by atoms with van der Waals surface area (Å²) < 4.78 is 5.08. The standard InChI is InChI=1S/C17H19NO2S/c1-20-11-15-8-5-9-16(10-15)18-17(19)13-21-12-14-6-3-2-4-7-14/h2-10H,11-13H2,1H3,(H,18,19). The van der Waals surface area contributed by atoms with E-state index >= 15 is 0 Å². The molecule has 110 valence electrons. The maximum atomic E-state index is 11.9. The van der Waals surface area contributed by atoms with Crippen molar-refractivity contribution in [3.8, 4) is 0 Å². The van der Waals surface area contributed by atoms with E-state index < -0.39 is 0 Å². The van der Waals surface area contributed by atoms with Crippen LogP contribution in [0.25, 0.3) is 0 Å². The first kappa shape index (κ1) is 15.6. The van der Waals surface area contributed by atoms with Gasteiger partial charge in [0.15, 0.2) is 0 Å². The average Bonchev–Trinajstić information content (AvgIpc) is 2.49. The van der Waals surface area contributed by atoms with Crippen LogP contribution in [0.3, 0.4) is 0 Å². The summed E-state index contributed by atoms with van der Waals surface area (Å²) in [6, 6.07) is 17.9. The number of ether oxygens (including phenoxy) is 1. The van der Waals surface area contributed by atoms with E-state index in [9.17, 15) is 4.79 Å². The Hall–Kier alpha value is -1.78. The third-order valence-corrected chi connectivity index (χ3v) is 3.87. The average molecular weight is 301 g/mol. The van der Waals surface area contributed by atoms with Crippen LogP contribution >= 0.6 is 11.8 Å². The zero-order valence-electron chi connectivity index (χ0n) is 12.0. The van der Waals surface area contributed by atoms with E-state index in [2.05, 4.69) is 17.4 Å². The van der Waals surface area contributed by atoms with E-state index in [1.165, 1.54) is 5.56 Å². The molecule has 0 aliphatic carbocycles. The number of hydrogen-bond donors (Lipinski definition) is 1. The molecule has 2 rings (SSSR count). The summed E-state index contributed by atoms with van der Waals surface area (Å²) in [5.41, 5.74) is 3.10. The molecule has 0 fully saturated rings. The van der Waals surface area contributed by atoms with Gasteiger partial charge in [0, 0.05) is 18.6 Å². The molecule has 0 aliphatic rings. The molecule has 0 heterocycles. The first-order valence-electron chi connectivity index (χ1n) is 6.77. The van der Waals surface area contributed by atoms with Gasteiger partial charge in [0.05, 0.1) is 12.4 Å². The Bertz CT molecular complexity index is 572. The van der Waals surface area contributed by atoms with Crippen molar-refractivity contribution < 1.29 is 9.53 Å². The fraction of sp³-hybridized carbons (Fsp3) is 0.235. The molecule has 0 radical (unpaired) electrons. The van der Waals surface area contributed by atoms with Crippen LogP contribution in [0.2, 0.25) is 0 Å². The molecule has 0 aromatic heterocycles. The molecule has 4 heteroatoms. The van der Waals surface area contributed by atoms with Crippen LogP contribution in [0.4, 0.5) is 5.69 Å². The predicted molar refractivity (Wildman–Crippen MR) is 88.4 cm³/mol. The fourth-order valence-corrected chi connectivity index (χ4v) is 2.73. The number of thioether (sulfide) groups is 1. The van der Waals surface area contributed by atoms with Crippen LogP contribution in [0.15, 0.2) is 54.6 Å². The van der Waals surface area contributed by atoms with Crippen molar-refractivity contribution in [2.24, 2.45) is 0 Å². The Balaban J connectivity index is 1.78. The van der Waals surface area contributed by atoms with Crippen LogP contribution in [0.1, 0.15) is 11.1 Å². The monoisotopic (exact) mass is 301 g/mol. The van der Waals surface area contributed by atoms with E-state index in [1.807, 2.05) is 42.5 Å². The summed E-state index contributed by atoms with van der Waals surface area (Å²) in [4.78, 5) is 11.9. The van der Waals surface area contributed by atoms with Crippen molar-refractivity contribution in [1.82, 2.24) is 0 Å². The van der Waals surface area contributed by atoms with Gasteiger partial charge in [-0.2, -0.15) is 0 Å². The number of methoxy groups -OCH3 is 1. The summed E-state index contributed by atoms with van der Waals surface area (Å²) >= 11 is 1.61. The van der Waals surface area contributed by atoms with Gasteiger partial charge in [0.2, 0.25) is 5.91 Å². The normalized spacial score (nSPS) is 10.3. The number of carbonyl (C=O) groups is 1. The van der Waals surface area contributed by atoms with Gasteiger partial charge >= 0.3 is 0 Å². The fourth-order valence-electron chi connectivity index (χ4n) is 1.94. The van der Waals surface area contributed by atoms with Crippen LogP contribution in [0.5, 0.6) is 0 Å². The van der Waals surface area contributed by atoms with Crippen LogP contribution in [-0.4, -0.2) is 18.8 Å². The molecule has 0 saturated heterocycles. The van der Waals surface area contributed by atoms with Gasteiger partial charge in [-0.15, -0.1) is 11.8 Å². The zero-order valence-corrected chi connectivity index (χ0v) is 12.9. The van der Waals surface area contributed by atoms with Gasteiger partial charge < -0.3 is 10.1 Å². The van der Waals surface area contributed by atoms with Crippen molar-refractivity contribution in [3.63, 3.8) is 0 Å². The smallest absolute Gasteiger partial charge is 0.234 e. The molecule has 0 spiro atoms. The van der Waals surface area contributed by atoms with Crippen molar-refractivity contribution in [2.75, 3.05) is 18.2 Å². The van der Waals surface area contributed by atoms with E-state index in [4.69, 9.17) is 4.74 Å². The van der Waals surface area contributed by atoms with Crippen molar-refractivity contribution in [2.45, 2.75) is 12.4 Å². The minimum atomic E-state index is 0.0190. The molecule has 0 unspecified atom stereocenters. The highest BCUT2D eigenvalue weighted by atomic mass is 32.2. The van der Waals surface area contributed by atoms with Crippen molar-refractivity contribution in [1.29, 1.82) is 0 Å². The highest BCUT2D eigenvalue weighted by Crippen LogP contribution is 2.14. The van der Waals surface area contributed by atoms with E-state index in [0.717, 1.165) is 17.0 Å². The molecule has 1 N–H and O–H groups in total. The Kier molecular flexibility index (Phi) is 6.31. The van der Waals surface area contributed by atoms with E-state index in [-0.39, 0.29) is 5.91 Å². The molecule has 2 aromatic carbocycles. The maximum absolute atomic E-state index is 11.9. The molecule has 0 bridgehead atoms. The molecule has 2 aromatic rings. The second-order valence-corrected chi connectivity index (χ2v) is 5.65. The lowest BCUT2D eigenvalue weighted by atomic mass is 10.2. The Morgan fingerprint density at radius 1 is 1.10 bits per heavy atom.